The fourth-order valence-electron chi connectivity index (χ4n) is 1.74. The maximum Gasteiger partial charge on any atom is 0.359 e. The van der Waals surface area contributed by atoms with Crippen LogP contribution in [0.3, 0.4) is 0 Å². The van der Waals surface area contributed by atoms with Crippen molar-refractivity contribution in [1.82, 2.24) is 9.78 Å². The first kappa shape index (κ1) is 13.9. The molecule has 1 aromatic carbocycles. The lowest BCUT2D eigenvalue weighted by atomic mass is 10.2. The van der Waals surface area contributed by atoms with Crippen LogP contribution in [-0.4, -0.2) is 28.6 Å². The van der Waals surface area contributed by atoms with Crippen LogP contribution >= 0.6 is 0 Å². The molecule has 5 nitrogen and oxygen atoms in total. The van der Waals surface area contributed by atoms with Crippen molar-refractivity contribution < 1.29 is 18.7 Å². The van der Waals surface area contributed by atoms with Crippen molar-refractivity contribution in [2.75, 3.05) is 6.61 Å². The Balaban J connectivity index is 2.23. The van der Waals surface area contributed by atoms with Gasteiger partial charge in [-0.2, -0.15) is 5.10 Å². The minimum Gasteiger partial charge on any atom is -0.461 e. The van der Waals surface area contributed by atoms with Gasteiger partial charge in [-0.1, -0.05) is 12.1 Å². The first-order valence-corrected chi connectivity index (χ1v) is 6.08. The van der Waals surface area contributed by atoms with E-state index in [1.54, 1.807) is 19.1 Å². The lowest BCUT2D eigenvalue weighted by Gasteiger charge is -2.01. The molecule has 0 atom stereocenters. The minimum atomic E-state index is -0.632. The third-order valence-electron chi connectivity index (χ3n) is 2.64. The summed E-state index contributed by atoms with van der Waals surface area (Å²) in [5, 5.41) is 4.03. The van der Waals surface area contributed by atoms with Crippen molar-refractivity contribution in [3.63, 3.8) is 0 Å². The number of aromatic nitrogens is 2. The van der Waals surface area contributed by atoms with E-state index < -0.39 is 5.97 Å². The number of halogens is 1. The van der Waals surface area contributed by atoms with Gasteiger partial charge in [-0.15, -0.1) is 0 Å². The standard InChI is InChI=1S/C14H13FN2O3/c1-2-20-14(19)13-11(9-18)8-17(16-13)7-10-3-5-12(15)6-4-10/h3-6,8-9H,2,7H2,1H3. The second kappa shape index (κ2) is 6.10. The zero-order valence-electron chi connectivity index (χ0n) is 10.9. The van der Waals surface area contributed by atoms with E-state index in [4.69, 9.17) is 4.74 Å². The first-order chi connectivity index (χ1) is 9.63. The SMILES string of the molecule is CCOC(=O)c1nn(Cc2ccc(F)cc2)cc1C=O. The highest BCUT2D eigenvalue weighted by atomic mass is 19.1. The smallest absolute Gasteiger partial charge is 0.359 e. The summed E-state index contributed by atoms with van der Waals surface area (Å²) in [5.74, 6) is -0.956. The molecule has 1 heterocycles. The van der Waals surface area contributed by atoms with Gasteiger partial charge in [0, 0.05) is 6.20 Å². The summed E-state index contributed by atoms with van der Waals surface area (Å²) >= 11 is 0. The van der Waals surface area contributed by atoms with Crippen LogP contribution < -0.4 is 0 Å². The van der Waals surface area contributed by atoms with Gasteiger partial charge in [0.25, 0.3) is 0 Å². The molecule has 0 saturated heterocycles. The molecule has 104 valence electrons. The lowest BCUT2D eigenvalue weighted by Crippen LogP contribution is -2.09. The second-order valence-corrected chi connectivity index (χ2v) is 4.10. The zero-order valence-corrected chi connectivity index (χ0v) is 10.9. The molecule has 0 saturated carbocycles. The molecule has 0 unspecified atom stereocenters. The monoisotopic (exact) mass is 276 g/mol. The molecule has 2 rings (SSSR count). The second-order valence-electron chi connectivity index (χ2n) is 4.10. The largest absolute Gasteiger partial charge is 0.461 e. The molecule has 0 amide bonds. The molecular weight excluding hydrogens is 263 g/mol. The van der Waals surface area contributed by atoms with E-state index >= 15 is 0 Å². The summed E-state index contributed by atoms with van der Waals surface area (Å²) in [6.45, 7) is 2.22. The highest BCUT2D eigenvalue weighted by Crippen LogP contribution is 2.10. The molecule has 1 aromatic heterocycles. The van der Waals surface area contributed by atoms with Crippen LogP contribution in [0.25, 0.3) is 0 Å². The fourth-order valence-corrected chi connectivity index (χ4v) is 1.74. The number of benzene rings is 1. The molecule has 0 aliphatic rings. The normalized spacial score (nSPS) is 10.3. The molecule has 0 radical (unpaired) electrons. The molecule has 2 aromatic rings. The summed E-state index contributed by atoms with van der Waals surface area (Å²) in [4.78, 5) is 22.6. The van der Waals surface area contributed by atoms with Crippen LogP contribution in [0, 0.1) is 5.82 Å². The van der Waals surface area contributed by atoms with Crippen LogP contribution in [0.2, 0.25) is 0 Å². The van der Waals surface area contributed by atoms with Crippen LogP contribution in [-0.2, 0) is 11.3 Å². The van der Waals surface area contributed by atoms with Crippen LogP contribution in [0.1, 0.15) is 33.3 Å². The topological polar surface area (TPSA) is 61.2 Å². The molecule has 0 N–H and O–H groups in total. The number of nitrogens with zero attached hydrogens (tertiary/aromatic N) is 2. The van der Waals surface area contributed by atoms with E-state index in [9.17, 15) is 14.0 Å². The minimum absolute atomic E-state index is 0.0102. The Hall–Kier alpha value is -2.50. The van der Waals surface area contributed by atoms with E-state index in [1.165, 1.54) is 23.0 Å². The fraction of sp³-hybridized carbons (Fsp3) is 0.214. The maximum absolute atomic E-state index is 12.8. The molecule has 6 heteroatoms. The number of hydrogen-bond donors (Lipinski definition) is 0. The Kier molecular flexibility index (Phi) is 4.24. The van der Waals surface area contributed by atoms with E-state index in [0.717, 1.165) is 5.56 Å². The van der Waals surface area contributed by atoms with Crippen molar-refractivity contribution in [1.29, 1.82) is 0 Å². The molecule has 0 aliphatic heterocycles. The quantitative estimate of drug-likeness (QED) is 0.619. The summed E-state index contributed by atoms with van der Waals surface area (Å²) in [5.41, 5.74) is 0.969. The summed E-state index contributed by atoms with van der Waals surface area (Å²) < 4.78 is 19.1. The van der Waals surface area contributed by atoms with E-state index in [2.05, 4.69) is 5.10 Å². The number of rotatable bonds is 5. The molecular formula is C14H13FN2O3. The van der Waals surface area contributed by atoms with Gasteiger partial charge in [0.15, 0.2) is 12.0 Å². The molecule has 0 fully saturated rings. The van der Waals surface area contributed by atoms with Crippen molar-refractivity contribution in [2.24, 2.45) is 0 Å². The number of carbonyl (C=O) groups is 2. The summed E-state index contributed by atoms with van der Waals surface area (Å²) in [6, 6.07) is 5.90. The van der Waals surface area contributed by atoms with Gasteiger partial charge in [0.1, 0.15) is 5.82 Å². The highest BCUT2D eigenvalue weighted by molar-refractivity contribution is 5.96. The van der Waals surface area contributed by atoms with Gasteiger partial charge < -0.3 is 4.74 Å². The van der Waals surface area contributed by atoms with Crippen molar-refractivity contribution >= 4 is 12.3 Å². The van der Waals surface area contributed by atoms with E-state index in [1.807, 2.05) is 0 Å². The van der Waals surface area contributed by atoms with Gasteiger partial charge in [-0.3, -0.25) is 9.48 Å². The Morgan fingerprint density at radius 1 is 1.40 bits per heavy atom. The summed E-state index contributed by atoms with van der Waals surface area (Å²) in [7, 11) is 0. The number of ether oxygens (including phenoxy) is 1. The zero-order chi connectivity index (χ0) is 14.5. The lowest BCUT2D eigenvalue weighted by molar-refractivity contribution is 0.0516. The van der Waals surface area contributed by atoms with Crippen LogP contribution in [0.15, 0.2) is 30.5 Å². The van der Waals surface area contributed by atoms with Gasteiger partial charge in [-0.25, -0.2) is 9.18 Å². The maximum atomic E-state index is 12.8. The predicted octanol–water partition coefficient (Wildman–Crippen LogP) is 2.06. The van der Waals surface area contributed by atoms with Gasteiger partial charge in [-0.05, 0) is 24.6 Å². The molecule has 20 heavy (non-hydrogen) atoms. The van der Waals surface area contributed by atoms with E-state index in [-0.39, 0.29) is 23.7 Å². The van der Waals surface area contributed by atoms with Crippen LogP contribution in [0.5, 0.6) is 0 Å². The number of carbonyl (C=O) groups excluding carboxylic acids is 2. The number of hydrogen-bond acceptors (Lipinski definition) is 4. The average molecular weight is 276 g/mol. The Morgan fingerprint density at radius 3 is 2.70 bits per heavy atom. The molecule has 0 spiro atoms. The molecule has 0 bridgehead atoms. The van der Waals surface area contributed by atoms with Crippen molar-refractivity contribution in [2.45, 2.75) is 13.5 Å². The highest BCUT2D eigenvalue weighted by Gasteiger charge is 2.17. The van der Waals surface area contributed by atoms with E-state index in [0.29, 0.717) is 12.8 Å². The Labute approximate surface area is 115 Å². The predicted molar refractivity (Wildman–Crippen MR) is 69.1 cm³/mol. The van der Waals surface area contributed by atoms with Gasteiger partial charge in [0.2, 0.25) is 0 Å². The van der Waals surface area contributed by atoms with Crippen molar-refractivity contribution in [3.8, 4) is 0 Å². The van der Waals surface area contributed by atoms with Gasteiger partial charge >= 0.3 is 5.97 Å². The Morgan fingerprint density at radius 2 is 2.10 bits per heavy atom. The average Bonchev–Trinajstić information content (AvgIpc) is 2.85. The number of esters is 1. The van der Waals surface area contributed by atoms with Gasteiger partial charge in [0.05, 0.1) is 18.7 Å². The third kappa shape index (κ3) is 3.09. The first-order valence-electron chi connectivity index (χ1n) is 6.08. The number of aldehydes is 1. The Bertz CT molecular complexity index is 620. The third-order valence-corrected chi connectivity index (χ3v) is 2.64. The summed E-state index contributed by atoms with van der Waals surface area (Å²) in [6.07, 6.45) is 2.02. The molecule has 0 aliphatic carbocycles. The van der Waals surface area contributed by atoms with Crippen molar-refractivity contribution in [3.05, 3.63) is 53.1 Å². The van der Waals surface area contributed by atoms with Crippen LogP contribution in [0.4, 0.5) is 4.39 Å².